The van der Waals surface area contributed by atoms with E-state index < -0.39 is 0 Å². The highest BCUT2D eigenvalue weighted by atomic mass is 79.9. The van der Waals surface area contributed by atoms with Gasteiger partial charge in [-0.15, -0.1) is 0 Å². The Bertz CT molecular complexity index is 626. The first-order valence-corrected chi connectivity index (χ1v) is 7.39. The third-order valence-corrected chi connectivity index (χ3v) is 4.14. The molecule has 1 saturated carbocycles. The SMILES string of the molecule is COc1ccc(Br)cc1-c1ccnc(C2CC(N)C2)n1. The van der Waals surface area contributed by atoms with Crippen LogP contribution in [-0.2, 0) is 0 Å². The molecular weight excluding hydrogens is 318 g/mol. The highest BCUT2D eigenvalue weighted by Crippen LogP contribution is 2.36. The lowest BCUT2D eigenvalue weighted by atomic mass is 9.80. The number of ether oxygens (including phenoxy) is 1. The lowest BCUT2D eigenvalue weighted by Gasteiger charge is -2.31. The van der Waals surface area contributed by atoms with Gasteiger partial charge in [0, 0.05) is 28.2 Å². The molecule has 0 radical (unpaired) electrons. The summed E-state index contributed by atoms with van der Waals surface area (Å²) in [6.07, 6.45) is 3.75. The Hall–Kier alpha value is -1.46. The van der Waals surface area contributed by atoms with Gasteiger partial charge in [0.25, 0.3) is 0 Å². The molecule has 0 spiro atoms. The minimum absolute atomic E-state index is 0.299. The van der Waals surface area contributed by atoms with Crippen LogP contribution < -0.4 is 10.5 Å². The molecule has 1 aliphatic carbocycles. The Labute approximate surface area is 126 Å². The summed E-state index contributed by atoms with van der Waals surface area (Å²) in [5.74, 6) is 2.08. The Balaban J connectivity index is 1.98. The normalized spacial score (nSPS) is 21.4. The number of nitrogens with zero attached hydrogens (tertiary/aromatic N) is 2. The van der Waals surface area contributed by atoms with Gasteiger partial charge in [-0.25, -0.2) is 9.97 Å². The standard InChI is InChI=1S/C15H16BrN3O/c1-20-14-3-2-10(16)8-12(14)13-4-5-18-15(19-13)9-6-11(17)7-9/h2-5,8-9,11H,6-7,17H2,1H3. The van der Waals surface area contributed by atoms with Gasteiger partial charge in [-0.1, -0.05) is 15.9 Å². The predicted octanol–water partition coefficient (Wildman–Crippen LogP) is 3.12. The Kier molecular flexibility index (Phi) is 3.72. The van der Waals surface area contributed by atoms with Gasteiger partial charge in [0.1, 0.15) is 11.6 Å². The van der Waals surface area contributed by atoms with E-state index >= 15 is 0 Å². The van der Waals surface area contributed by atoms with Gasteiger partial charge in [-0.05, 0) is 37.1 Å². The molecule has 2 N–H and O–H groups in total. The molecule has 1 aromatic heterocycles. The lowest BCUT2D eigenvalue weighted by molar-refractivity contribution is 0.338. The van der Waals surface area contributed by atoms with Crippen molar-refractivity contribution in [3.63, 3.8) is 0 Å². The fourth-order valence-electron chi connectivity index (χ4n) is 2.47. The van der Waals surface area contributed by atoms with Crippen molar-refractivity contribution in [1.82, 2.24) is 9.97 Å². The fourth-order valence-corrected chi connectivity index (χ4v) is 2.83. The van der Waals surface area contributed by atoms with Gasteiger partial charge < -0.3 is 10.5 Å². The maximum absolute atomic E-state index is 5.84. The van der Waals surface area contributed by atoms with Crippen molar-refractivity contribution in [2.24, 2.45) is 5.73 Å². The zero-order valence-electron chi connectivity index (χ0n) is 11.2. The lowest BCUT2D eigenvalue weighted by Crippen LogP contribution is -2.35. The number of hydrogen-bond donors (Lipinski definition) is 1. The van der Waals surface area contributed by atoms with Crippen molar-refractivity contribution in [3.05, 3.63) is 40.8 Å². The van der Waals surface area contributed by atoms with E-state index in [1.54, 1.807) is 7.11 Å². The third kappa shape index (κ3) is 2.55. The van der Waals surface area contributed by atoms with Crippen LogP contribution in [-0.4, -0.2) is 23.1 Å². The summed E-state index contributed by atoms with van der Waals surface area (Å²) >= 11 is 3.49. The molecule has 0 aliphatic heterocycles. The zero-order chi connectivity index (χ0) is 14.1. The Morgan fingerprint density at radius 2 is 2.10 bits per heavy atom. The van der Waals surface area contributed by atoms with Gasteiger partial charge >= 0.3 is 0 Å². The van der Waals surface area contributed by atoms with E-state index in [0.717, 1.165) is 40.1 Å². The van der Waals surface area contributed by atoms with Crippen LogP contribution in [0.4, 0.5) is 0 Å². The molecule has 0 unspecified atom stereocenters. The molecule has 0 atom stereocenters. The van der Waals surface area contributed by atoms with E-state index in [1.807, 2.05) is 30.5 Å². The van der Waals surface area contributed by atoms with Crippen LogP contribution in [0.15, 0.2) is 34.9 Å². The van der Waals surface area contributed by atoms with Crippen LogP contribution in [0, 0.1) is 0 Å². The van der Waals surface area contributed by atoms with Crippen molar-refractivity contribution in [2.75, 3.05) is 7.11 Å². The highest BCUT2D eigenvalue weighted by Gasteiger charge is 2.29. The van der Waals surface area contributed by atoms with Crippen LogP contribution in [0.1, 0.15) is 24.6 Å². The zero-order valence-corrected chi connectivity index (χ0v) is 12.8. The van der Waals surface area contributed by atoms with Crippen molar-refractivity contribution in [3.8, 4) is 17.0 Å². The molecule has 1 fully saturated rings. The maximum Gasteiger partial charge on any atom is 0.132 e. The van der Waals surface area contributed by atoms with Crippen LogP contribution in [0.5, 0.6) is 5.75 Å². The van der Waals surface area contributed by atoms with Crippen molar-refractivity contribution >= 4 is 15.9 Å². The molecule has 1 aromatic carbocycles. The topological polar surface area (TPSA) is 61.0 Å². The second-order valence-electron chi connectivity index (χ2n) is 5.07. The summed E-state index contributed by atoms with van der Waals surface area (Å²) in [7, 11) is 1.67. The molecule has 1 aliphatic rings. The molecule has 20 heavy (non-hydrogen) atoms. The van der Waals surface area contributed by atoms with Crippen LogP contribution in [0.25, 0.3) is 11.3 Å². The molecule has 0 bridgehead atoms. The first-order chi connectivity index (χ1) is 9.67. The number of halogens is 1. The first kappa shape index (κ1) is 13.5. The monoisotopic (exact) mass is 333 g/mol. The molecule has 0 amide bonds. The largest absolute Gasteiger partial charge is 0.496 e. The number of nitrogens with two attached hydrogens (primary N) is 1. The average Bonchev–Trinajstić information content (AvgIpc) is 2.44. The molecular formula is C15H16BrN3O. The summed E-state index contributed by atoms with van der Waals surface area (Å²) in [6, 6.07) is 8.10. The fraction of sp³-hybridized carbons (Fsp3) is 0.333. The molecule has 5 heteroatoms. The van der Waals surface area contributed by atoms with E-state index in [0.29, 0.717) is 12.0 Å². The summed E-state index contributed by atoms with van der Waals surface area (Å²) in [5.41, 5.74) is 7.69. The molecule has 4 nitrogen and oxygen atoms in total. The van der Waals surface area contributed by atoms with Crippen LogP contribution >= 0.6 is 15.9 Å². The summed E-state index contributed by atoms with van der Waals surface area (Å²) in [5, 5.41) is 0. The van der Waals surface area contributed by atoms with Crippen LogP contribution in [0.2, 0.25) is 0 Å². The molecule has 2 aromatic rings. The van der Waals surface area contributed by atoms with E-state index in [1.165, 1.54) is 0 Å². The summed E-state index contributed by atoms with van der Waals surface area (Å²) < 4.78 is 6.41. The van der Waals surface area contributed by atoms with E-state index in [-0.39, 0.29) is 0 Å². The van der Waals surface area contributed by atoms with Crippen molar-refractivity contribution in [2.45, 2.75) is 24.8 Å². The first-order valence-electron chi connectivity index (χ1n) is 6.60. The van der Waals surface area contributed by atoms with Gasteiger partial charge in [0.2, 0.25) is 0 Å². The summed E-state index contributed by atoms with van der Waals surface area (Å²) in [6.45, 7) is 0. The van der Waals surface area contributed by atoms with E-state index in [9.17, 15) is 0 Å². The summed E-state index contributed by atoms with van der Waals surface area (Å²) in [4.78, 5) is 9.06. The average molecular weight is 334 g/mol. The molecule has 104 valence electrons. The number of rotatable bonds is 3. The second kappa shape index (κ2) is 5.50. The number of aromatic nitrogens is 2. The van der Waals surface area contributed by atoms with E-state index in [4.69, 9.17) is 10.5 Å². The van der Waals surface area contributed by atoms with Gasteiger partial charge in [-0.2, -0.15) is 0 Å². The second-order valence-corrected chi connectivity index (χ2v) is 5.99. The molecule has 0 saturated heterocycles. The van der Waals surface area contributed by atoms with Crippen molar-refractivity contribution in [1.29, 1.82) is 0 Å². The predicted molar refractivity (Wildman–Crippen MR) is 81.7 cm³/mol. The minimum Gasteiger partial charge on any atom is -0.496 e. The van der Waals surface area contributed by atoms with Gasteiger partial charge in [0.15, 0.2) is 0 Å². The Morgan fingerprint density at radius 1 is 1.30 bits per heavy atom. The number of hydrogen-bond acceptors (Lipinski definition) is 4. The quantitative estimate of drug-likeness (QED) is 0.937. The molecule has 1 heterocycles. The maximum atomic E-state index is 5.84. The van der Waals surface area contributed by atoms with Gasteiger partial charge in [-0.3, -0.25) is 0 Å². The third-order valence-electron chi connectivity index (χ3n) is 3.65. The highest BCUT2D eigenvalue weighted by molar-refractivity contribution is 9.10. The van der Waals surface area contributed by atoms with E-state index in [2.05, 4.69) is 25.9 Å². The van der Waals surface area contributed by atoms with Crippen molar-refractivity contribution < 1.29 is 4.74 Å². The Morgan fingerprint density at radius 3 is 2.80 bits per heavy atom. The van der Waals surface area contributed by atoms with Crippen LogP contribution in [0.3, 0.4) is 0 Å². The number of methoxy groups -OCH3 is 1. The minimum atomic E-state index is 0.299. The molecule has 3 rings (SSSR count). The smallest absolute Gasteiger partial charge is 0.132 e. The van der Waals surface area contributed by atoms with Gasteiger partial charge in [0.05, 0.1) is 12.8 Å². The number of benzene rings is 1.